The molecule has 0 atom stereocenters. The largest absolute Gasteiger partial charge is 0.573 e. The lowest BCUT2D eigenvalue weighted by molar-refractivity contribution is -0.274. The molecule has 0 aliphatic carbocycles. The van der Waals surface area contributed by atoms with Crippen molar-refractivity contribution in [3.8, 4) is 22.6 Å². The maximum atomic E-state index is 13.0. The summed E-state index contributed by atoms with van der Waals surface area (Å²) in [4.78, 5) is 3.99. The van der Waals surface area contributed by atoms with Gasteiger partial charge in [-0.2, -0.15) is 13.2 Å². The molecule has 26 heavy (non-hydrogen) atoms. The fraction of sp³-hybridized carbons (Fsp3) is 0.118. The van der Waals surface area contributed by atoms with Gasteiger partial charge < -0.3 is 9.84 Å². The third-order valence-corrected chi connectivity index (χ3v) is 3.56. The van der Waals surface area contributed by atoms with Gasteiger partial charge in [-0.05, 0) is 47.5 Å². The molecule has 3 nitrogen and oxygen atoms in total. The van der Waals surface area contributed by atoms with Gasteiger partial charge in [-0.3, -0.25) is 4.98 Å². The van der Waals surface area contributed by atoms with Crippen LogP contribution in [0, 0.1) is 0 Å². The number of aromatic hydroxyl groups is 1. The van der Waals surface area contributed by atoms with Gasteiger partial charge in [0, 0.05) is 11.6 Å². The molecule has 0 spiro atoms. The van der Waals surface area contributed by atoms with Crippen LogP contribution in [0.2, 0.25) is 0 Å². The first kappa shape index (κ1) is 17.8. The predicted octanol–water partition coefficient (Wildman–Crippen LogP) is 5.52. The second kappa shape index (κ2) is 6.08. The van der Waals surface area contributed by atoms with E-state index in [1.54, 1.807) is 0 Å². The van der Waals surface area contributed by atoms with E-state index >= 15 is 0 Å². The molecular weight excluding hydrogens is 364 g/mol. The Kier molecular flexibility index (Phi) is 4.17. The fourth-order valence-corrected chi connectivity index (χ4v) is 2.50. The highest BCUT2D eigenvalue weighted by atomic mass is 19.4. The summed E-state index contributed by atoms with van der Waals surface area (Å²) in [5.74, 6) is -1.46. The number of rotatable bonds is 2. The first-order valence-corrected chi connectivity index (χ1v) is 7.10. The van der Waals surface area contributed by atoms with Gasteiger partial charge in [0.25, 0.3) is 0 Å². The predicted molar refractivity (Wildman–Crippen MR) is 80.5 cm³/mol. The molecule has 1 aromatic heterocycles. The van der Waals surface area contributed by atoms with Crippen LogP contribution in [-0.4, -0.2) is 16.5 Å². The average Bonchev–Trinajstić information content (AvgIpc) is 2.52. The average molecular weight is 373 g/mol. The lowest BCUT2D eigenvalue weighted by Gasteiger charge is -2.13. The van der Waals surface area contributed by atoms with E-state index in [4.69, 9.17) is 0 Å². The summed E-state index contributed by atoms with van der Waals surface area (Å²) in [6.07, 6.45) is -8.37. The van der Waals surface area contributed by atoms with Crippen LogP contribution in [0.3, 0.4) is 0 Å². The van der Waals surface area contributed by atoms with E-state index in [2.05, 4.69) is 9.72 Å². The molecule has 3 aromatic rings. The number of phenolic OH excluding ortho intramolecular Hbond substituents is 1. The second-order valence-corrected chi connectivity index (χ2v) is 5.31. The Morgan fingerprint density at radius 1 is 0.885 bits per heavy atom. The van der Waals surface area contributed by atoms with Gasteiger partial charge >= 0.3 is 12.5 Å². The quantitative estimate of drug-likeness (QED) is 0.601. The van der Waals surface area contributed by atoms with Gasteiger partial charge in [-0.15, -0.1) is 13.2 Å². The van der Waals surface area contributed by atoms with Crippen molar-refractivity contribution in [1.29, 1.82) is 0 Å². The minimum atomic E-state index is -4.90. The smallest absolute Gasteiger partial charge is 0.507 e. The van der Waals surface area contributed by atoms with Crippen LogP contribution < -0.4 is 4.74 Å². The first-order valence-electron chi connectivity index (χ1n) is 7.10. The van der Waals surface area contributed by atoms with Crippen LogP contribution in [-0.2, 0) is 6.18 Å². The fourth-order valence-electron chi connectivity index (χ4n) is 2.50. The van der Waals surface area contributed by atoms with E-state index in [0.717, 1.165) is 24.3 Å². The number of nitrogens with zero attached hydrogens (tertiary/aromatic N) is 1. The molecule has 0 aliphatic rings. The summed E-state index contributed by atoms with van der Waals surface area (Å²) >= 11 is 0. The Morgan fingerprint density at radius 3 is 2.27 bits per heavy atom. The van der Waals surface area contributed by atoms with Crippen molar-refractivity contribution >= 4 is 10.9 Å². The number of phenols is 1. The van der Waals surface area contributed by atoms with E-state index < -0.39 is 29.6 Å². The molecule has 0 amide bonds. The highest BCUT2D eigenvalue weighted by molar-refractivity contribution is 5.95. The highest BCUT2D eigenvalue weighted by Gasteiger charge is 2.34. The molecule has 0 aliphatic heterocycles. The number of ether oxygens (including phenoxy) is 1. The number of fused-ring (bicyclic) bond motifs is 1. The standard InChI is InChI=1S/C17H9F6NO2/c18-16(19,20)13-7-9(1-4-15(13)25)11-5-6-24-14-3-2-10(8-12(11)14)26-17(21,22)23/h1-8,25H. The molecule has 2 aromatic carbocycles. The van der Waals surface area contributed by atoms with Crippen LogP contribution in [0.1, 0.15) is 5.56 Å². The Bertz CT molecular complexity index is 966. The van der Waals surface area contributed by atoms with Gasteiger partial charge in [-0.1, -0.05) is 6.07 Å². The van der Waals surface area contributed by atoms with Crippen LogP contribution in [0.25, 0.3) is 22.0 Å². The van der Waals surface area contributed by atoms with E-state index in [1.807, 2.05) is 0 Å². The summed E-state index contributed by atoms with van der Waals surface area (Å²) in [6.45, 7) is 0. The Labute approximate surface area is 142 Å². The van der Waals surface area contributed by atoms with E-state index in [0.29, 0.717) is 0 Å². The minimum absolute atomic E-state index is 0.0617. The number of benzene rings is 2. The summed E-state index contributed by atoms with van der Waals surface area (Å²) in [5, 5.41) is 9.60. The third kappa shape index (κ3) is 3.66. The van der Waals surface area contributed by atoms with E-state index in [-0.39, 0.29) is 22.0 Å². The SMILES string of the molecule is Oc1ccc(-c2ccnc3ccc(OC(F)(F)F)cc23)cc1C(F)(F)F. The molecule has 1 heterocycles. The van der Waals surface area contributed by atoms with Crippen molar-refractivity contribution < 1.29 is 36.2 Å². The van der Waals surface area contributed by atoms with Gasteiger partial charge in [0.15, 0.2) is 0 Å². The number of hydrogen-bond donors (Lipinski definition) is 1. The first-order chi connectivity index (χ1) is 12.0. The third-order valence-electron chi connectivity index (χ3n) is 3.56. The van der Waals surface area contributed by atoms with Crippen LogP contribution >= 0.6 is 0 Å². The van der Waals surface area contributed by atoms with Crippen molar-refractivity contribution in [3.63, 3.8) is 0 Å². The molecule has 0 fully saturated rings. The Morgan fingerprint density at radius 2 is 1.62 bits per heavy atom. The molecule has 0 saturated heterocycles. The molecule has 0 bridgehead atoms. The lowest BCUT2D eigenvalue weighted by atomic mass is 9.99. The molecule has 3 rings (SSSR count). The normalized spacial score (nSPS) is 12.4. The topological polar surface area (TPSA) is 42.4 Å². The number of alkyl halides is 6. The molecule has 0 radical (unpaired) electrons. The van der Waals surface area contributed by atoms with E-state index in [1.165, 1.54) is 24.4 Å². The van der Waals surface area contributed by atoms with Gasteiger partial charge in [0.1, 0.15) is 11.5 Å². The van der Waals surface area contributed by atoms with Crippen molar-refractivity contribution in [3.05, 3.63) is 54.2 Å². The zero-order valence-corrected chi connectivity index (χ0v) is 12.7. The van der Waals surface area contributed by atoms with Gasteiger partial charge in [0.2, 0.25) is 0 Å². The second-order valence-electron chi connectivity index (χ2n) is 5.31. The van der Waals surface area contributed by atoms with Crippen molar-refractivity contribution in [1.82, 2.24) is 4.98 Å². The van der Waals surface area contributed by atoms with Crippen LogP contribution in [0.4, 0.5) is 26.3 Å². The molecule has 1 N–H and O–H groups in total. The number of pyridine rings is 1. The number of halogens is 6. The van der Waals surface area contributed by atoms with Gasteiger partial charge in [0.05, 0.1) is 11.1 Å². The molecular formula is C17H9F6NO2. The summed E-state index contributed by atoms with van der Waals surface area (Å²) in [7, 11) is 0. The summed E-state index contributed by atoms with van der Waals surface area (Å²) < 4.78 is 80.0. The highest BCUT2D eigenvalue weighted by Crippen LogP contribution is 2.39. The number of hydrogen-bond acceptors (Lipinski definition) is 3. The zero-order chi connectivity index (χ0) is 19.1. The van der Waals surface area contributed by atoms with Crippen LogP contribution in [0.5, 0.6) is 11.5 Å². The van der Waals surface area contributed by atoms with Crippen LogP contribution in [0.15, 0.2) is 48.7 Å². The van der Waals surface area contributed by atoms with E-state index in [9.17, 15) is 31.4 Å². The maximum Gasteiger partial charge on any atom is 0.573 e. The monoisotopic (exact) mass is 373 g/mol. The van der Waals surface area contributed by atoms with Crippen molar-refractivity contribution in [2.75, 3.05) is 0 Å². The van der Waals surface area contributed by atoms with Crippen molar-refractivity contribution in [2.45, 2.75) is 12.5 Å². The molecule has 0 saturated carbocycles. The summed E-state index contributed by atoms with van der Waals surface area (Å²) in [6, 6.07) is 7.57. The van der Waals surface area contributed by atoms with Crippen molar-refractivity contribution in [2.24, 2.45) is 0 Å². The maximum absolute atomic E-state index is 13.0. The molecule has 136 valence electrons. The molecule has 9 heteroatoms. The molecule has 0 unspecified atom stereocenters. The number of aromatic nitrogens is 1. The minimum Gasteiger partial charge on any atom is -0.507 e. The Balaban J connectivity index is 2.17. The van der Waals surface area contributed by atoms with Gasteiger partial charge in [-0.25, -0.2) is 0 Å². The summed E-state index contributed by atoms with van der Waals surface area (Å²) in [5.41, 5.74) is -0.693. The lowest BCUT2D eigenvalue weighted by Crippen LogP contribution is -2.17. The Hall–Kier alpha value is -2.97. The zero-order valence-electron chi connectivity index (χ0n) is 12.7.